The molecule has 2 aromatic rings. The predicted molar refractivity (Wildman–Crippen MR) is 85.1 cm³/mol. The molecule has 0 saturated carbocycles. The number of aromatic nitrogens is 2. The lowest BCUT2D eigenvalue weighted by Gasteiger charge is -2.08. The molecular formula is C13H18N4O2S2. The number of nitrogens with zero attached hydrogens (tertiary/aromatic N) is 1. The standard InChI is InChI=1S/C13H18N4O2S2/c1-9-12(8-14-2)13(16-15-9)21(18,19)17-10-4-6-11(20-3)7-5-10/h4-7,14,17H,8H2,1-3H3,(H,15,16). The highest BCUT2D eigenvalue weighted by Gasteiger charge is 2.23. The maximum atomic E-state index is 12.4. The third-order valence-corrected chi connectivity index (χ3v) is 5.08. The molecule has 1 aromatic carbocycles. The smallest absolute Gasteiger partial charge is 0.281 e. The third-order valence-electron chi connectivity index (χ3n) is 2.99. The summed E-state index contributed by atoms with van der Waals surface area (Å²) in [6, 6.07) is 7.21. The molecule has 0 spiro atoms. The van der Waals surface area contributed by atoms with Crippen LogP contribution in [0.15, 0.2) is 34.2 Å². The van der Waals surface area contributed by atoms with Crippen LogP contribution < -0.4 is 10.0 Å². The molecule has 0 bridgehead atoms. The highest BCUT2D eigenvalue weighted by atomic mass is 32.2. The number of thioether (sulfide) groups is 1. The molecule has 1 aromatic heterocycles. The van der Waals surface area contributed by atoms with Crippen molar-refractivity contribution in [2.75, 3.05) is 18.0 Å². The Labute approximate surface area is 128 Å². The third kappa shape index (κ3) is 3.58. The molecule has 3 N–H and O–H groups in total. The molecule has 0 amide bonds. The molecular weight excluding hydrogens is 308 g/mol. The number of aryl methyl sites for hydroxylation is 1. The SMILES string of the molecule is CNCc1c(S(=O)(=O)Nc2ccc(SC)cc2)n[nH]c1C. The van der Waals surface area contributed by atoms with E-state index in [1.165, 1.54) is 0 Å². The zero-order valence-corrected chi connectivity index (χ0v) is 13.7. The van der Waals surface area contributed by atoms with Gasteiger partial charge in [-0.1, -0.05) is 0 Å². The molecule has 2 rings (SSSR count). The van der Waals surface area contributed by atoms with Crippen molar-refractivity contribution in [1.82, 2.24) is 15.5 Å². The molecule has 6 nitrogen and oxygen atoms in total. The molecule has 0 aliphatic rings. The minimum Gasteiger partial charge on any atom is -0.316 e. The summed E-state index contributed by atoms with van der Waals surface area (Å²) in [7, 11) is -1.94. The van der Waals surface area contributed by atoms with E-state index < -0.39 is 10.0 Å². The minimum absolute atomic E-state index is 0.0308. The van der Waals surface area contributed by atoms with Crippen LogP contribution in [0, 0.1) is 6.92 Å². The molecule has 0 aliphatic heterocycles. The number of nitrogens with one attached hydrogen (secondary N) is 3. The number of H-pyrrole nitrogens is 1. The largest absolute Gasteiger partial charge is 0.316 e. The van der Waals surface area contributed by atoms with Crippen molar-refractivity contribution in [3.8, 4) is 0 Å². The van der Waals surface area contributed by atoms with Gasteiger partial charge in [0.05, 0.1) is 0 Å². The number of sulfonamides is 1. The van der Waals surface area contributed by atoms with Crippen LogP contribution in [-0.2, 0) is 16.6 Å². The molecule has 114 valence electrons. The van der Waals surface area contributed by atoms with Crippen LogP contribution in [0.2, 0.25) is 0 Å². The highest BCUT2D eigenvalue weighted by molar-refractivity contribution is 7.98. The second kappa shape index (κ2) is 6.50. The van der Waals surface area contributed by atoms with Gasteiger partial charge in [0.2, 0.25) is 5.03 Å². The van der Waals surface area contributed by atoms with Gasteiger partial charge < -0.3 is 5.32 Å². The summed E-state index contributed by atoms with van der Waals surface area (Å²) in [6.07, 6.45) is 1.97. The van der Waals surface area contributed by atoms with E-state index in [9.17, 15) is 8.42 Å². The quantitative estimate of drug-likeness (QED) is 0.707. The lowest BCUT2D eigenvalue weighted by atomic mass is 10.3. The van der Waals surface area contributed by atoms with E-state index in [1.807, 2.05) is 18.4 Å². The van der Waals surface area contributed by atoms with Crippen molar-refractivity contribution in [3.05, 3.63) is 35.5 Å². The predicted octanol–water partition coefficient (Wildman–Crippen LogP) is 1.96. The van der Waals surface area contributed by atoms with Crippen LogP contribution >= 0.6 is 11.8 Å². The molecule has 0 unspecified atom stereocenters. The Balaban J connectivity index is 2.29. The van der Waals surface area contributed by atoms with E-state index in [4.69, 9.17) is 0 Å². The Morgan fingerprint density at radius 1 is 1.29 bits per heavy atom. The van der Waals surface area contributed by atoms with Gasteiger partial charge >= 0.3 is 0 Å². The number of aromatic amines is 1. The summed E-state index contributed by atoms with van der Waals surface area (Å²) < 4.78 is 27.4. The van der Waals surface area contributed by atoms with Crippen LogP contribution in [0.3, 0.4) is 0 Å². The fourth-order valence-corrected chi connectivity index (χ4v) is 3.57. The Hall–Kier alpha value is -1.51. The van der Waals surface area contributed by atoms with Gasteiger partial charge in [-0.05, 0) is 44.5 Å². The fraction of sp³-hybridized carbons (Fsp3) is 0.308. The number of rotatable bonds is 6. The second-order valence-corrected chi connectivity index (χ2v) is 6.97. The van der Waals surface area contributed by atoms with E-state index in [1.54, 1.807) is 37.9 Å². The van der Waals surface area contributed by atoms with Gasteiger partial charge in [-0.3, -0.25) is 9.82 Å². The summed E-state index contributed by atoms with van der Waals surface area (Å²) in [6.45, 7) is 2.23. The monoisotopic (exact) mass is 326 g/mol. The van der Waals surface area contributed by atoms with Crippen molar-refractivity contribution in [2.24, 2.45) is 0 Å². The zero-order valence-electron chi connectivity index (χ0n) is 12.1. The van der Waals surface area contributed by atoms with Crippen LogP contribution in [0.1, 0.15) is 11.3 Å². The minimum atomic E-state index is -3.70. The van der Waals surface area contributed by atoms with Gasteiger partial charge in [-0.2, -0.15) is 13.5 Å². The van der Waals surface area contributed by atoms with E-state index in [-0.39, 0.29) is 5.03 Å². The summed E-state index contributed by atoms with van der Waals surface area (Å²) in [5.41, 5.74) is 1.90. The maximum Gasteiger partial charge on any atom is 0.281 e. The van der Waals surface area contributed by atoms with Crippen molar-refractivity contribution in [3.63, 3.8) is 0 Å². The topological polar surface area (TPSA) is 86.9 Å². The van der Waals surface area contributed by atoms with Crippen molar-refractivity contribution in [2.45, 2.75) is 23.4 Å². The lowest BCUT2D eigenvalue weighted by molar-refractivity contribution is 0.595. The van der Waals surface area contributed by atoms with Crippen LogP contribution in [-0.4, -0.2) is 31.9 Å². The Kier molecular flexibility index (Phi) is 4.92. The fourth-order valence-electron chi connectivity index (χ4n) is 1.90. The van der Waals surface area contributed by atoms with E-state index in [2.05, 4.69) is 20.2 Å². The van der Waals surface area contributed by atoms with Gasteiger partial charge in [0.15, 0.2) is 0 Å². The second-order valence-electron chi connectivity index (χ2n) is 4.50. The van der Waals surface area contributed by atoms with Gasteiger partial charge in [-0.15, -0.1) is 11.8 Å². The van der Waals surface area contributed by atoms with Gasteiger partial charge in [0.1, 0.15) is 0 Å². The zero-order chi connectivity index (χ0) is 15.5. The normalized spacial score (nSPS) is 11.6. The summed E-state index contributed by atoms with van der Waals surface area (Å²) >= 11 is 1.60. The first kappa shape index (κ1) is 15.9. The van der Waals surface area contributed by atoms with E-state index in [0.717, 1.165) is 10.6 Å². The Morgan fingerprint density at radius 3 is 2.52 bits per heavy atom. The Morgan fingerprint density at radius 2 is 1.95 bits per heavy atom. The van der Waals surface area contributed by atoms with Crippen LogP contribution in [0.4, 0.5) is 5.69 Å². The molecule has 0 atom stereocenters. The summed E-state index contributed by atoms with van der Waals surface area (Å²) in [5.74, 6) is 0. The van der Waals surface area contributed by atoms with Crippen molar-refractivity contribution < 1.29 is 8.42 Å². The molecule has 0 saturated heterocycles. The maximum absolute atomic E-state index is 12.4. The highest BCUT2D eigenvalue weighted by Crippen LogP contribution is 2.22. The molecule has 0 radical (unpaired) electrons. The average Bonchev–Trinajstić information content (AvgIpc) is 2.82. The van der Waals surface area contributed by atoms with Crippen LogP contribution in [0.25, 0.3) is 0 Å². The first-order valence-corrected chi connectivity index (χ1v) is 9.04. The van der Waals surface area contributed by atoms with Gasteiger partial charge in [-0.25, -0.2) is 0 Å². The van der Waals surface area contributed by atoms with Gasteiger partial charge in [0.25, 0.3) is 10.0 Å². The summed E-state index contributed by atoms with van der Waals surface area (Å²) in [4.78, 5) is 1.07. The molecule has 1 heterocycles. The van der Waals surface area contributed by atoms with Crippen LogP contribution in [0.5, 0.6) is 0 Å². The molecule has 8 heteroatoms. The molecule has 0 fully saturated rings. The molecule has 0 aliphatic carbocycles. The Bertz CT molecular complexity index is 708. The number of hydrogen-bond donors (Lipinski definition) is 3. The number of hydrogen-bond acceptors (Lipinski definition) is 5. The lowest BCUT2D eigenvalue weighted by Crippen LogP contribution is -2.17. The first-order valence-electron chi connectivity index (χ1n) is 6.33. The van der Waals surface area contributed by atoms with Crippen molar-refractivity contribution >= 4 is 27.5 Å². The van der Waals surface area contributed by atoms with E-state index in [0.29, 0.717) is 17.8 Å². The average molecular weight is 326 g/mol. The number of anilines is 1. The number of benzene rings is 1. The summed E-state index contributed by atoms with van der Waals surface area (Å²) in [5, 5.41) is 9.61. The van der Waals surface area contributed by atoms with Crippen molar-refractivity contribution in [1.29, 1.82) is 0 Å². The first-order chi connectivity index (χ1) is 9.97. The van der Waals surface area contributed by atoms with Gasteiger partial charge in [0, 0.05) is 28.4 Å². The van der Waals surface area contributed by atoms with E-state index >= 15 is 0 Å². The molecule has 21 heavy (non-hydrogen) atoms.